The zero-order valence-electron chi connectivity index (χ0n) is 17.6. The SMILES string of the molecule is COc1ccc(-c2ccc(OCC(CCc3ccncc3)N3CCOC3=O)cc2)cc1. The number of hydrogen-bond acceptors (Lipinski definition) is 5. The number of carbonyl (C=O) groups is 1. The highest BCUT2D eigenvalue weighted by atomic mass is 16.6. The lowest BCUT2D eigenvalue weighted by Gasteiger charge is -2.26. The van der Waals surface area contributed by atoms with Gasteiger partial charge < -0.3 is 14.2 Å². The largest absolute Gasteiger partial charge is 0.497 e. The van der Waals surface area contributed by atoms with Gasteiger partial charge in [-0.05, 0) is 65.9 Å². The average Bonchev–Trinajstić information content (AvgIpc) is 3.26. The zero-order chi connectivity index (χ0) is 21.5. The van der Waals surface area contributed by atoms with E-state index in [4.69, 9.17) is 14.2 Å². The summed E-state index contributed by atoms with van der Waals surface area (Å²) in [6, 6.07) is 19.9. The van der Waals surface area contributed by atoms with Crippen molar-refractivity contribution in [1.29, 1.82) is 0 Å². The van der Waals surface area contributed by atoms with Gasteiger partial charge in [0.1, 0.15) is 24.7 Å². The molecule has 0 saturated carbocycles. The second-order valence-corrected chi connectivity index (χ2v) is 7.42. The van der Waals surface area contributed by atoms with E-state index >= 15 is 0 Å². The molecule has 4 rings (SSSR count). The first-order valence-electron chi connectivity index (χ1n) is 10.4. The highest BCUT2D eigenvalue weighted by Crippen LogP contribution is 2.25. The maximum Gasteiger partial charge on any atom is 0.410 e. The number of ether oxygens (including phenoxy) is 3. The van der Waals surface area contributed by atoms with Crippen LogP contribution in [0.1, 0.15) is 12.0 Å². The number of nitrogens with zero attached hydrogens (tertiary/aromatic N) is 2. The van der Waals surface area contributed by atoms with Gasteiger partial charge in [0, 0.05) is 12.4 Å². The molecule has 6 nitrogen and oxygen atoms in total. The smallest absolute Gasteiger partial charge is 0.410 e. The third-order valence-corrected chi connectivity index (χ3v) is 5.47. The first-order chi connectivity index (χ1) is 15.2. The summed E-state index contributed by atoms with van der Waals surface area (Å²) in [5.41, 5.74) is 3.41. The van der Waals surface area contributed by atoms with Crippen molar-refractivity contribution in [2.24, 2.45) is 0 Å². The Morgan fingerprint density at radius 2 is 1.61 bits per heavy atom. The minimum Gasteiger partial charge on any atom is -0.497 e. The lowest BCUT2D eigenvalue weighted by atomic mass is 10.1. The summed E-state index contributed by atoms with van der Waals surface area (Å²) >= 11 is 0. The van der Waals surface area contributed by atoms with Crippen LogP contribution in [-0.4, -0.2) is 48.9 Å². The third-order valence-electron chi connectivity index (χ3n) is 5.47. The molecule has 6 heteroatoms. The van der Waals surface area contributed by atoms with Crippen molar-refractivity contribution in [1.82, 2.24) is 9.88 Å². The summed E-state index contributed by atoms with van der Waals surface area (Å²) in [5.74, 6) is 1.61. The highest BCUT2D eigenvalue weighted by Gasteiger charge is 2.30. The number of carbonyl (C=O) groups excluding carboxylic acids is 1. The summed E-state index contributed by atoms with van der Waals surface area (Å²) in [7, 11) is 1.66. The molecule has 2 aromatic carbocycles. The minimum absolute atomic E-state index is 0.0515. The second kappa shape index (κ2) is 9.98. The fraction of sp³-hybridized carbons (Fsp3) is 0.280. The van der Waals surface area contributed by atoms with Crippen LogP contribution in [0.2, 0.25) is 0 Å². The number of methoxy groups -OCH3 is 1. The van der Waals surface area contributed by atoms with E-state index in [9.17, 15) is 4.79 Å². The molecule has 1 unspecified atom stereocenters. The third kappa shape index (κ3) is 5.34. The Hall–Kier alpha value is -3.54. The molecule has 160 valence electrons. The molecule has 0 N–H and O–H groups in total. The monoisotopic (exact) mass is 418 g/mol. The standard InChI is InChI=1S/C25H26N2O4/c1-29-23-8-3-20(4-9-23)21-5-10-24(11-6-21)31-18-22(27-16-17-30-25(27)28)7-2-19-12-14-26-15-13-19/h3-6,8-15,22H,2,7,16-18H2,1H3. The maximum absolute atomic E-state index is 12.1. The Morgan fingerprint density at radius 1 is 0.968 bits per heavy atom. The van der Waals surface area contributed by atoms with Gasteiger partial charge in [0.2, 0.25) is 0 Å². The fourth-order valence-corrected chi connectivity index (χ4v) is 3.67. The number of hydrogen-bond donors (Lipinski definition) is 0. The van der Waals surface area contributed by atoms with E-state index in [1.54, 1.807) is 24.4 Å². The van der Waals surface area contributed by atoms with Gasteiger partial charge in [0.15, 0.2) is 0 Å². The molecular formula is C25H26N2O4. The van der Waals surface area contributed by atoms with Crippen LogP contribution in [0.15, 0.2) is 73.1 Å². The van der Waals surface area contributed by atoms with Crippen molar-refractivity contribution in [3.8, 4) is 22.6 Å². The summed E-state index contributed by atoms with van der Waals surface area (Å²) in [6.45, 7) is 1.45. The molecule has 1 aliphatic heterocycles. The van der Waals surface area contributed by atoms with Crippen LogP contribution in [0, 0.1) is 0 Å². The number of rotatable bonds is 9. The lowest BCUT2D eigenvalue weighted by molar-refractivity contribution is 0.128. The van der Waals surface area contributed by atoms with E-state index in [0.717, 1.165) is 35.5 Å². The van der Waals surface area contributed by atoms with Crippen molar-refractivity contribution < 1.29 is 19.0 Å². The predicted octanol–water partition coefficient (Wildman–Crippen LogP) is 4.59. The number of cyclic esters (lactones) is 1. The van der Waals surface area contributed by atoms with Gasteiger partial charge in [-0.25, -0.2) is 4.79 Å². The second-order valence-electron chi connectivity index (χ2n) is 7.42. The lowest BCUT2D eigenvalue weighted by Crippen LogP contribution is -2.40. The van der Waals surface area contributed by atoms with Crippen molar-refractivity contribution in [3.63, 3.8) is 0 Å². The zero-order valence-corrected chi connectivity index (χ0v) is 17.6. The Morgan fingerprint density at radius 3 is 2.19 bits per heavy atom. The molecule has 0 spiro atoms. The fourth-order valence-electron chi connectivity index (χ4n) is 3.67. The van der Waals surface area contributed by atoms with Crippen LogP contribution in [0.25, 0.3) is 11.1 Å². The Balaban J connectivity index is 1.39. The van der Waals surface area contributed by atoms with Gasteiger partial charge in [-0.15, -0.1) is 0 Å². The molecule has 1 amide bonds. The summed E-state index contributed by atoms with van der Waals surface area (Å²) in [5, 5.41) is 0. The van der Waals surface area contributed by atoms with Gasteiger partial charge in [-0.2, -0.15) is 0 Å². The molecule has 3 aromatic rings. The maximum atomic E-state index is 12.1. The molecule has 1 atom stereocenters. The first-order valence-corrected chi connectivity index (χ1v) is 10.4. The van der Waals surface area contributed by atoms with E-state index in [1.807, 2.05) is 60.7 Å². The molecule has 0 radical (unpaired) electrons. The molecular weight excluding hydrogens is 392 g/mol. The molecule has 1 aliphatic rings. The van der Waals surface area contributed by atoms with Crippen molar-refractivity contribution in [2.75, 3.05) is 26.9 Å². The number of benzene rings is 2. The normalized spacial score (nSPS) is 14.2. The van der Waals surface area contributed by atoms with E-state index in [-0.39, 0.29) is 12.1 Å². The van der Waals surface area contributed by atoms with Crippen LogP contribution >= 0.6 is 0 Å². The van der Waals surface area contributed by atoms with Crippen LogP contribution in [0.4, 0.5) is 4.79 Å². The summed E-state index contributed by atoms with van der Waals surface area (Å²) < 4.78 is 16.4. The van der Waals surface area contributed by atoms with Crippen LogP contribution < -0.4 is 9.47 Å². The first kappa shape index (κ1) is 20.7. The molecule has 2 heterocycles. The topological polar surface area (TPSA) is 60.9 Å². The molecule has 1 aromatic heterocycles. The van der Waals surface area contributed by atoms with Gasteiger partial charge in [0.25, 0.3) is 0 Å². The van der Waals surface area contributed by atoms with E-state index < -0.39 is 0 Å². The van der Waals surface area contributed by atoms with Crippen molar-refractivity contribution in [2.45, 2.75) is 18.9 Å². The van der Waals surface area contributed by atoms with E-state index in [2.05, 4.69) is 4.98 Å². The molecule has 31 heavy (non-hydrogen) atoms. The van der Waals surface area contributed by atoms with Gasteiger partial charge in [0.05, 0.1) is 19.7 Å². The van der Waals surface area contributed by atoms with Crippen molar-refractivity contribution in [3.05, 3.63) is 78.6 Å². The highest BCUT2D eigenvalue weighted by molar-refractivity contribution is 5.69. The molecule has 0 aliphatic carbocycles. The Bertz CT molecular complexity index is 975. The van der Waals surface area contributed by atoms with E-state index in [1.165, 1.54) is 5.56 Å². The quantitative estimate of drug-likeness (QED) is 0.509. The van der Waals surface area contributed by atoms with Crippen LogP contribution in [0.3, 0.4) is 0 Å². The number of aryl methyl sites for hydroxylation is 1. The average molecular weight is 418 g/mol. The summed E-state index contributed by atoms with van der Waals surface area (Å²) in [6.07, 6.45) is 4.95. The van der Waals surface area contributed by atoms with Gasteiger partial charge >= 0.3 is 6.09 Å². The predicted molar refractivity (Wildman–Crippen MR) is 118 cm³/mol. The molecule has 0 bridgehead atoms. The van der Waals surface area contributed by atoms with Crippen LogP contribution in [-0.2, 0) is 11.2 Å². The van der Waals surface area contributed by atoms with Gasteiger partial charge in [-0.1, -0.05) is 24.3 Å². The number of amides is 1. The summed E-state index contributed by atoms with van der Waals surface area (Å²) in [4.78, 5) is 17.9. The number of pyridine rings is 1. The molecule has 1 saturated heterocycles. The van der Waals surface area contributed by atoms with Crippen LogP contribution in [0.5, 0.6) is 11.5 Å². The number of aromatic nitrogens is 1. The molecule has 1 fully saturated rings. The van der Waals surface area contributed by atoms with E-state index in [0.29, 0.717) is 19.8 Å². The minimum atomic E-state index is -0.266. The Labute approximate surface area is 182 Å². The van der Waals surface area contributed by atoms with Crippen molar-refractivity contribution >= 4 is 6.09 Å². The Kier molecular flexibility index (Phi) is 6.67. The van der Waals surface area contributed by atoms with Gasteiger partial charge in [-0.3, -0.25) is 9.88 Å².